The third kappa shape index (κ3) is 3.83. The molecule has 0 amide bonds. The number of Topliss-reactive ketones (excluding diaryl/α,β-unsaturated/α-hetero) is 1. The number of carbonyl (C=O) groups is 1. The molecule has 0 radical (unpaired) electrons. The van der Waals surface area contributed by atoms with Gasteiger partial charge >= 0.3 is 0 Å². The molecule has 1 heteroatoms. The first-order valence-electron chi connectivity index (χ1n) is 6.84. The van der Waals surface area contributed by atoms with Gasteiger partial charge < -0.3 is 0 Å². The highest BCUT2D eigenvalue weighted by atomic mass is 16.1. The summed E-state index contributed by atoms with van der Waals surface area (Å²) in [6, 6.07) is 8.38. The minimum absolute atomic E-state index is 0.121. The van der Waals surface area contributed by atoms with E-state index >= 15 is 0 Å². The van der Waals surface area contributed by atoms with E-state index in [1.54, 1.807) is 0 Å². The van der Waals surface area contributed by atoms with Gasteiger partial charge in [0.15, 0.2) is 0 Å². The SMILES string of the molecule is C/C=C(/C[C@@H](C)C(=O)CCC)c1ccccc1C. The van der Waals surface area contributed by atoms with Gasteiger partial charge in [-0.2, -0.15) is 0 Å². The summed E-state index contributed by atoms with van der Waals surface area (Å²) in [4.78, 5) is 11.9. The van der Waals surface area contributed by atoms with Crippen molar-refractivity contribution < 1.29 is 4.79 Å². The molecule has 1 nitrogen and oxygen atoms in total. The van der Waals surface area contributed by atoms with Gasteiger partial charge in [-0.1, -0.05) is 44.2 Å². The first kappa shape index (κ1) is 14.7. The molecule has 18 heavy (non-hydrogen) atoms. The van der Waals surface area contributed by atoms with E-state index in [0.29, 0.717) is 12.2 Å². The number of carbonyl (C=O) groups excluding carboxylic acids is 1. The predicted octanol–water partition coefficient (Wildman–Crippen LogP) is 4.79. The summed E-state index contributed by atoms with van der Waals surface area (Å²) in [7, 11) is 0. The number of allylic oxidation sites excluding steroid dienone is 2. The Bertz CT molecular complexity index is 429. The maximum Gasteiger partial charge on any atom is 0.136 e. The Morgan fingerprint density at radius 1 is 1.33 bits per heavy atom. The van der Waals surface area contributed by atoms with E-state index in [1.165, 1.54) is 16.7 Å². The molecule has 1 aromatic rings. The highest BCUT2D eigenvalue weighted by Gasteiger charge is 2.15. The predicted molar refractivity (Wildman–Crippen MR) is 78.5 cm³/mol. The van der Waals surface area contributed by atoms with Crippen molar-refractivity contribution in [2.24, 2.45) is 5.92 Å². The Kier molecular flexibility index (Phi) is 5.84. The van der Waals surface area contributed by atoms with Crippen LogP contribution in [0, 0.1) is 12.8 Å². The summed E-state index contributed by atoms with van der Waals surface area (Å²) in [6.45, 7) is 8.28. The van der Waals surface area contributed by atoms with Crippen molar-refractivity contribution in [2.45, 2.75) is 47.0 Å². The number of hydrogen-bond acceptors (Lipinski definition) is 1. The van der Waals surface area contributed by atoms with E-state index in [-0.39, 0.29) is 5.92 Å². The molecule has 0 fully saturated rings. The number of ketones is 1. The van der Waals surface area contributed by atoms with Gasteiger partial charge in [-0.05, 0) is 43.4 Å². The number of aryl methyl sites for hydroxylation is 1. The molecular weight excluding hydrogens is 220 g/mol. The summed E-state index contributed by atoms with van der Waals surface area (Å²) >= 11 is 0. The van der Waals surface area contributed by atoms with Gasteiger partial charge in [0.25, 0.3) is 0 Å². The lowest BCUT2D eigenvalue weighted by Gasteiger charge is -2.15. The van der Waals surface area contributed by atoms with Crippen molar-refractivity contribution in [3.63, 3.8) is 0 Å². The van der Waals surface area contributed by atoms with Crippen molar-refractivity contribution in [3.8, 4) is 0 Å². The molecule has 0 unspecified atom stereocenters. The number of benzene rings is 1. The minimum Gasteiger partial charge on any atom is -0.299 e. The lowest BCUT2D eigenvalue weighted by Crippen LogP contribution is -2.11. The second-order valence-electron chi connectivity index (χ2n) is 4.95. The third-order valence-electron chi connectivity index (χ3n) is 3.41. The first-order chi connectivity index (χ1) is 8.60. The summed E-state index contributed by atoms with van der Waals surface area (Å²) in [5, 5.41) is 0. The van der Waals surface area contributed by atoms with Crippen molar-refractivity contribution in [2.75, 3.05) is 0 Å². The molecule has 0 saturated carbocycles. The number of rotatable bonds is 6. The Labute approximate surface area is 111 Å². The Balaban J connectivity index is 2.81. The van der Waals surface area contributed by atoms with Crippen LogP contribution in [0.15, 0.2) is 30.3 Å². The Hall–Kier alpha value is -1.37. The topological polar surface area (TPSA) is 17.1 Å². The molecule has 0 N–H and O–H groups in total. The van der Waals surface area contributed by atoms with Crippen molar-refractivity contribution in [3.05, 3.63) is 41.5 Å². The van der Waals surface area contributed by atoms with Crippen LogP contribution in [0.5, 0.6) is 0 Å². The molecule has 1 rings (SSSR count). The smallest absolute Gasteiger partial charge is 0.136 e. The Morgan fingerprint density at radius 2 is 2.00 bits per heavy atom. The summed E-state index contributed by atoms with van der Waals surface area (Å²) in [5.74, 6) is 0.501. The first-order valence-corrected chi connectivity index (χ1v) is 6.84. The molecule has 0 aliphatic heterocycles. The van der Waals surface area contributed by atoms with Crippen LogP contribution < -0.4 is 0 Å². The van der Waals surface area contributed by atoms with Gasteiger partial charge in [0.2, 0.25) is 0 Å². The molecule has 0 saturated heterocycles. The maximum absolute atomic E-state index is 11.9. The van der Waals surface area contributed by atoms with Gasteiger partial charge in [0.1, 0.15) is 5.78 Å². The van der Waals surface area contributed by atoms with Crippen LogP contribution in [0.4, 0.5) is 0 Å². The monoisotopic (exact) mass is 244 g/mol. The van der Waals surface area contributed by atoms with Crippen LogP contribution in [-0.4, -0.2) is 5.78 Å². The number of hydrogen-bond donors (Lipinski definition) is 0. The molecule has 0 bridgehead atoms. The highest BCUT2D eigenvalue weighted by molar-refractivity contribution is 5.83. The van der Waals surface area contributed by atoms with Crippen LogP contribution in [0.3, 0.4) is 0 Å². The average Bonchev–Trinajstić information content (AvgIpc) is 2.37. The lowest BCUT2D eigenvalue weighted by molar-refractivity contribution is -0.122. The standard InChI is InChI=1S/C17H24O/c1-5-9-17(18)14(4)12-15(6-2)16-11-8-7-10-13(16)3/h6-8,10-11,14H,5,9,12H2,1-4H3/b15-6-/t14-/m1/s1. The van der Waals surface area contributed by atoms with E-state index in [4.69, 9.17) is 0 Å². The average molecular weight is 244 g/mol. The summed E-state index contributed by atoms with van der Waals surface area (Å²) < 4.78 is 0. The molecule has 0 aliphatic carbocycles. The highest BCUT2D eigenvalue weighted by Crippen LogP contribution is 2.26. The molecule has 0 heterocycles. The van der Waals surface area contributed by atoms with Crippen LogP contribution in [0.25, 0.3) is 5.57 Å². The molecule has 0 spiro atoms. The van der Waals surface area contributed by atoms with Gasteiger partial charge in [0, 0.05) is 12.3 Å². The van der Waals surface area contributed by atoms with E-state index < -0.39 is 0 Å². The van der Waals surface area contributed by atoms with Gasteiger partial charge in [-0.15, -0.1) is 0 Å². The van der Waals surface area contributed by atoms with Crippen molar-refractivity contribution >= 4 is 11.4 Å². The Morgan fingerprint density at radius 3 is 2.56 bits per heavy atom. The zero-order chi connectivity index (χ0) is 13.5. The summed E-state index contributed by atoms with van der Waals surface area (Å²) in [5.41, 5.74) is 3.84. The lowest BCUT2D eigenvalue weighted by atomic mass is 9.89. The summed E-state index contributed by atoms with van der Waals surface area (Å²) in [6.07, 6.45) is 4.63. The van der Waals surface area contributed by atoms with E-state index in [0.717, 1.165) is 12.8 Å². The van der Waals surface area contributed by atoms with Crippen LogP contribution in [0.1, 0.15) is 51.2 Å². The van der Waals surface area contributed by atoms with E-state index in [1.807, 2.05) is 6.92 Å². The maximum atomic E-state index is 11.9. The zero-order valence-corrected chi connectivity index (χ0v) is 12.0. The van der Waals surface area contributed by atoms with Crippen LogP contribution >= 0.6 is 0 Å². The van der Waals surface area contributed by atoms with Crippen molar-refractivity contribution in [1.82, 2.24) is 0 Å². The molecular formula is C17H24O. The van der Waals surface area contributed by atoms with Gasteiger partial charge in [-0.3, -0.25) is 4.79 Å². The fourth-order valence-corrected chi connectivity index (χ4v) is 2.25. The normalized spacial score (nSPS) is 13.4. The van der Waals surface area contributed by atoms with Crippen molar-refractivity contribution in [1.29, 1.82) is 0 Å². The molecule has 98 valence electrons. The van der Waals surface area contributed by atoms with Gasteiger partial charge in [0.05, 0.1) is 0 Å². The molecule has 1 atom stereocenters. The third-order valence-corrected chi connectivity index (χ3v) is 3.41. The van der Waals surface area contributed by atoms with E-state index in [2.05, 4.69) is 51.1 Å². The molecule has 0 aliphatic rings. The molecule has 1 aromatic carbocycles. The van der Waals surface area contributed by atoms with Crippen LogP contribution in [0.2, 0.25) is 0 Å². The minimum atomic E-state index is 0.121. The largest absolute Gasteiger partial charge is 0.299 e. The van der Waals surface area contributed by atoms with E-state index in [9.17, 15) is 4.79 Å². The second kappa shape index (κ2) is 7.15. The van der Waals surface area contributed by atoms with Gasteiger partial charge in [-0.25, -0.2) is 0 Å². The molecule has 0 aromatic heterocycles. The zero-order valence-electron chi connectivity index (χ0n) is 12.0. The quantitative estimate of drug-likeness (QED) is 0.703. The second-order valence-corrected chi connectivity index (χ2v) is 4.95. The fourth-order valence-electron chi connectivity index (χ4n) is 2.25. The fraction of sp³-hybridized carbons (Fsp3) is 0.471. The van der Waals surface area contributed by atoms with Crippen LogP contribution in [-0.2, 0) is 4.79 Å².